The minimum absolute atomic E-state index is 0.123. The number of rotatable bonds is 10. The molecular weight excluding hydrogens is 508 g/mol. The van der Waals surface area contributed by atoms with Crippen LogP contribution in [0.4, 0.5) is 5.69 Å². The minimum atomic E-state index is -0.188. The maximum atomic E-state index is 12.5. The second kappa shape index (κ2) is 12.6. The second-order valence-electron chi connectivity index (χ2n) is 8.01. The van der Waals surface area contributed by atoms with Crippen LogP contribution in [0.2, 0.25) is 5.02 Å². The number of aromatic nitrogens is 3. The maximum Gasteiger partial charge on any atom is 0.234 e. The number of ether oxygens (including phenoxy) is 2. The van der Waals surface area contributed by atoms with Gasteiger partial charge in [0.25, 0.3) is 0 Å². The fourth-order valence-electron chi connectivity index (χ4n) is 3.52. The van der Waals surface area contributed by atoms with Crippen molar-refractivity contribution in [3.63, 3.8) is 0 Å². The van der Waals surface area contributed by atoms with E-state index in [0.29, 0.717) is 40.5 Å². The van der Waals surface area contributed by atoms with Gasteiger partial charge in [0.1, 0.15) is 22.9 Å². The van der Waals surface area contributed by atoms with Crippen molar-refractivity contribution in [2.24, 2.45) is 0 Å². The van der Waals surface area contributed by atoms with E-state index < -0.39 is 0 Å². The van der Waals surface area contributed by atoms with Crippen LogP contribution in [0.25, 0.3) is 22.5 Å². The number of aryl methyl sites for hydroxylation is 1. The van der Waals surface area contributed by atoms with Crippen LogP contribution in [0.5, 0.6) is 11.5 Å². The Morgan fingerprint density at radius 3 is 2.03 bits per heavy atom. The Morgan fingerprint density at radius 1 is 0.865 bits per heavy atom. The number of nitrogens with one attached hydrogen (secondary N) is 1. The molecule has 0 atom stereocenters. The number of amides is 1. The van der Waals surface area contributed by atoms with Crippen molar-refractivity contribution < 1.29 is 14.3 Å². The van der Waals surface area contributed by atoms with Crippen molar-refractivity contribution in [2.45, 2.75) is 25.9 Å². The Labute approximate surface area is 225 Å². The van der Waals surface area contributed by atoms with E-state index in [4.69, 9.17) is 26.1 Å². The zero-order valence-electron chi connectivity index (χ0n) is 20.8. The smallest absolute Gasteiger partial charge is 0.234 e. The average molecular weight is 535 g/mol. The van der Waals surface area contributed by atoms with Crippen molar-refractivity contribution in [1.82, 2.24) is 15.2 Å². The number of halogens is 1. The Kier molecular flexibility index (Phi) is 8.98. The van der Waals surface area contributed by atoms with Gasteiger partial charge >= 0.3 is 0 Å². The number of benzene rings is 3. The van der Waals surface area contributed by atoms with Gasteiger partial charge < -0.3 is 14.8 Å². The predicted octanol–water partition coefficient (Wildman–Crippen LogP) is 6.70. The molecule has 9 heteroatoms. The molecule has 37 heavy (non-hydrogen) atoms. The number of hydrogen-bond acceptors (Lipinski definition) is 7. The molecule has 1 amide bonds. The maximum absolute atomic E-state index is 12.5. The summed E-state index contributed by atoms with van der Waals surface area (Å²) in [7, 11) is 0. The Morgan fingerprint density at radius 2 is 1.46 bits per heavy atom. The van der Waals surface area contributed by atoms with Crippen LogP contribution in [0, 0.1) is 6.92 Å². The molecule has 4 rings (SSSR count). The van der Waals surface area contributed by atoms with Crippen LogP contribution < -0.4 is 14.8 Å². The third-order valence-electron chi connectivity index (χ3n) is 5.33. The molecule has 1 N–H and O–H groups in total. The summed E-state index contributed by atoms with van der Waals surface area (Å²) < 4.78 is 11.1. The summed E-state index contributed by atoms with van der Waals surface area (Å²) in [6.45, 7) is 6.98. The molecule has 7 nitrogen and oxygen atoms in total. The van der Waals surface area contributed by atoms with E-state index in [-0.39, 0.29) is 11.7 Å². The Hall–Kier alpha value is -3.62. The highest BCUT2D eigenvalue weighted by atomic mass is 35.5. The summed E-state index contributed by atoms with van der Waals surface area (Å²) in [5.74, 6) is 1.49. The monoisotopic (exact) mass is 534 g/mol. The van der Waals surface area contributed by atoms with E-state index in [9.17, 15) is 4.79 Å². The Balaban J connectivity index is 1.57. The summed E-state index contributed by atoms with van der Waals surface area (Å²) in [5.41, 5.74) is 4.61. The lowest BCUT2D eigenvalue weighted by Crippen LogP contribution is -2.14. The molecular formula is C28H27ClN4O3S. The standard InChI is InChI=1S/C28H27ClN4O3S/c1-4-35-22-12-7-19(8-13-22)26-27(20-9-14-23(15-10-20)36-5-2)32-33-28(31-26)37-17-25(34)30-21-11-6-18(3)24(29)16-21/h6-16H,4-5,17H2,1-3H3,(H,30,34). The van der Waals surface area contributed by atoms with E-state index in [0.717, 1.165) is 28.2 Å². The summed E-state index contributed by atoms with van der Waals surface area (Å²) in [6, 6.07) is 20.7. The van der Waals surface area contributed by atoms with Crippen LogP contribution in [0.1, 0.15) is 19.4 Å². The lowest BCUT2D eigenvalue weighted by atomic mass is 10.0. The molecule has 0 fully saturated rings. The number of hydrogen-bond donors (Lipinski definition) is 1. The number of nitrogens with zero attached hydrogens (tertiary/aromatic N) is 3. The Bertz CT molecular complexity index is 1370. The van der Waals surface area contributed by atoms with Crippen molar-refractivity contribution in [3.05, 3.63) is 77.3 Å². The molecule has 0 aliphatic carbocycles. The fourth-order valence-corrected chi connectivity index (χ4v) is 4.28. The predicted molar refractivity (Wildman–Crippen MR) is 149 cm³/mol. The third kappa shape index (κ3) is 6.99. The summed E-state index contributed by atoms with van der Waals surface area (Å²) in [6.07, 6.45) is 0. The van der Waals surface area contributed by atoms with Gasteiger partial charge in [-0.15, -0.1) is 10.2 Å². The molecule has 190 valence electrons. The number of anilines is 1. The highest BCUT2D eigenvalue weighted by Crippen LogP contribution is 2.32. The SMILES string of the molecule is CCOc1ccc(-c2nnc(SCC(=O)Nc3ccc(C)c(Cl)c3)nc2-c2ccc(OCC)cc2)cc1. The van der Waals surface area contributed by atoms with Gasteiger partial charge in [0.05, 0.1) is 19.0 Å². The molecule has 1 aromatic heterocycles. The fraction of sp³-hybridized carbons (Fsp3) is 0.214. The average Bonchev–Trinajstić information content (AvgIpc) is 2.91. The molecule has 0 unspecified atom stereocenters. The van der Waals surface area contributed by atoms with Crippen LogP contribution in [-0.4, -0.2) is 40.1 Å². The number of carbonyl (C=O) groups is 1. The van der Waals surface area contributed by atoms with E-state index in [1.165, 1.54) is 11.8 Å². The zero-order chi connectivity index (χ0) is 26.2. The topological polar surface area (TPSA) is 86.2 Å². The molecule has 0 bridgehead atoms. The zero-order valence-corrected chi connectivity index (χ0v) is 22.4. The van der Waals surface area contributed by atoms with Crippen molar-refractivity contribution in [1.29, 1.82) is 0 Å². The molecule has 1 heterocycles. The normalized spacial score (nSPS) is 10.7. The molecule has 4 aromatic rings. The van der Waals surface area contributed by atoms with Gasteiger partial charge in [-0.2, -0.15) is 0 Å². The molecule has 0 spiro atoms. The largest absolute Gasteiger partial charge is 0.494 e. The van der Waals surface area contributed by atoms with Gasteiger partial charge in [-0.1, -0.05) is 29.4 Å². The van der Waals surface area contributed by atoms with Crippen LogP contribution in [-0.2, 0) is 4.79 Å². The van der Waals surface area contributed by atoms with Gasteiger partial charge in [0.15, 0.2) is 0 Å². The van der Waals surface area contributed by atoms with Crippen LogP contribution in [0.15, 0.2) is 71.9 Å². The molecule has 0 radical (unpaired) electrons. The molecule has 3 aromatic carbocycles. The number of thioether (sulfide) groups is 1. The molecule has 0 saturated heterocycles. The quantitative estimate of drug-likeness (QED) is 0.227. The lowest BCUT2D eigenvalue weighted by molar-refractivity contribution is -0.113. The summed E-state index contributed by atoms with van der Waals surface area (Å²) in [5, 5.41) is 12.6. The first-order valence-corrected chi connectivity index (χ1v) is 13.2. The van der Waals surface area contributed by atoms with Gasteiger partial charge in [0.2, 0.25) is 11.1 Å². The van der Waals surface area contributed by atoms with Crippen molar-refractivity contribution >= 4 is 35.0 Å². The highest BCUT2D eigenvalue weighted by molar-refractivity contribution is 7.99. The number of carbonyl (C=O) groups excluding carboxylic acids is 1. The van der Waals surface area contributed by atoms with E-state index in [2.05, 4.69) is 15.5 Å². The van der Waals surface area contributed by atoms with Crippen molar-refractivity contribution in [3.8, 4) is 34.0 Å². The molecule has 0 aliphatic rings. The van der Waals surface area contributed by atoms with Gasteiger partial charge in [-0.05, 0) is 87.0 Å². The summed E-state index contributed by atoms with van der Waals surface area (Å²) >= 11 is 7.38. The van der Waals surface area contributed by atoms with Gasteiger partial charge in [0, 0.05) is 21.8 Å². The first-order chi connectivity index (χ1) is 18.0. The molecule has 0 saturated carbocycles. The van der Waals surface area contributed by atoms with Crippen LogP contribution >= 0.6 is 23.4 Å². The molecule has 0 aliphatic heterocycles. The van der Waals surface area contributed by atoms with Crippen molar-refractivity contribution in [2.75, 3.05) is 24.3 Å². The van der Waals surface area contributed by atoms with Gasteiger partial charge in [-0.3, -0.25) is 4.79 Å². The first kappa shape index (κ1) is 26.4. The van der Waals surface area contributed by atoms with E-state index in [1.807, 2.05) is 81.4 Å². The lowest BCUT2D eigenvalue weighted by Gasteiger charge is -2.11. The first-order valence-electron chi connectivity index (χ1n) is 11.9. The van der Waals surface area contributed by atoms with E-state index in [1.54, 1.807) is 6.07 Å². The van der Waals surface area contributed by atoms with Gasteiger partial charge in [-0.25, -0.2) is 4.98 Å². The minimum Gasteiger partial charge on any atom is -0.494 e. The summed E-state index contributed by atoms with van der Waals surface area (Å²) in [4.78, 5) is 17.3. The van der Waals surface area contributed by atoms with Crippen LogP contribution in [0.3, 0.4) is 0 Å². The highest BCUT2D eigenvalue weighted by Gasteiger charge is 2.16. The second-order valence-corrected chi connectivity index (χ2v) is 9.36. The third-order valence-corrected chi connectivity index (χ3v) is 6.58. The van der Waals surface area contributed by atoms with E-state index >= 15 is 0 Å².